The first kappa shape index (κ1) is 13.3. The Balaban J connectivity index is 1.67. The molecule has 0 aliphatic carbocycles. The second-order valence-electron chi connectivity index (χ2n) is 4.96. The second kappa shape index (κ2) is 5.76. The number of carbonyl (C=O) groups is 1. The minimum absolute atomic E-state index is 0.197. The lowest BCUT2D eigenvalue weighted by molar-refractivity contribution is -0.117. The zero-order valence-corrected chi connectivity index (χ0v) is 11.4. The molecule has 1 aromatic heterocycles. The first-order valence-corrected chi connectivity index (χ1v) is 6.76. The van der Waals surface area contributed by atoms with E-state index in [0.717, 1.165) is 16.5 Å². The third kappa shape index (κ3) is 3.09. The minimum atomic E-state index is -0.579. The van der Waals surface area contributed by atoms with Crippen molar-refractivity contribution >= 4 is 22.5 Å². The predicted molar refractivity (Wildman–Crippen MR) is 82.8 cm³/mol. The number of carbonyl (C=O) groups excluding carboxylic acids is 1. The van der Waals surface area contributed by atoms with Gasteiger partial charge >= 0.3 is 0 Å². The number of rotatable bonds is 4. The molecule has 2 aromatic carbocycles. The summed E-state index contributed by atoms with van der Waals surface area (Å²) in [5.41, 5.74) is 8.59. The number of nitrogens with zero attached hydrogens (tertiary/aromatic N) is 1. The molecule has 0 aliphatic rings. The lowest BCUT2D eigenvalue weighted by Gasteiger charge is -2.12. The highest BCUT2D eigenvalue weighted by Gasteiger charge is 2.14. The number of nitrogens with two attached hydrogens (primary N) is 1. The van der Waals surface area contributed by atoms with Crippen LogP contribution in [0.1, 0.15) is 5.56 Å². The maximum absolute atomic E-state index is 12.1. The molecule has 0 saturated carbocycles. The summed E-state index contributed by atoms with van der Waals surface area (Å²) in [6.45, 7) is 0. The third-order valence-corrected chi connectivity index (χ3v) is 3.34. The Kier molecular flexibility index (Phi) is 3.66. The zero-order valence-electron chi connectivity index (χ0n) is 11.4. The highest BCUT2D eigenvalue weighted by molar-refractivity contribution is 5.96. The van der Waals surface area contributed by atoms with Crippen LogP contribution in [0, 0.1) is 0 Å². The van der Waals surface area contributed by atoms with Crippen molar-refractivity contribution in [1.82, 2.24) is 10.2 Å². The van der Waals surface area contributed by atoms with Crippen molar-refractivity contribution < 1.29 is 4.79 Å². The van der Waals surface area contributed by atoms with Gasteiger partial charge in [-0.3, -0.25) is 9.89 Å². The van der Waals surface area contributed by atoms with Crippen molar-refractivity contribution in [3.8, 4) is 0 Å². The highest BCUT2D eigenvalue weighted by Crippen LogP contribution is 2.16. The number of anilines is 1. The average molecular weight is 280 g/mol. The van der Waals surface area contributed by atoms with Crippen LogP contribution in [0.2, 0.25) is 0 Å². The summed E-state index contributed by atoms with van der Waals surface area (Å²) < 4.78 is 0. The molecule has 3 rings (SSSR count). The number of aromatic amines is 1. The normalized spacial score (nSPS) is 12.2. The van der Waals surface area contributed by atoms with Crippen LogP contribution in [0.3, 0.4) is 0 Å². The second-order valence-corrected chi connectivity index (χ2v) is 4.96. The molecule has 0 saturated heterocycles. The van der Waals surface area contributed by atoms with Gasteiger partial charge < -0.3 is 11.1 Å². The van der Waals surface area contributed by atoms with Crippen LogP contribution in [-0.2, 0) is 11.2 Å². The summed E-state index contributed by atoms with van der Waals surface area (Å²) >= 11 is 0. The molecule has 0 fully saturated rings. The van der Waals surface area contributed by atoms with Gasteiger partial charge in [0.15, 0.2) is 0 Å². The number of nitrogens with one attached hydrogen (secondary N) is 2. The van der Waals surface area contributed by atoms with E-state index < -0.39 is 6.04 Å². The lowest BCUT2D eigenvalue weighted by atomic mass is 10.1. The molecule has 0 aliphatic heterocycles. The summed E-state index contributed by atoms with van der Waals surface area (Å²) in [4.78, 5) is 12.1. The molecule has 5 heteroatoms. The van der Waals surface area contributed by atoms with Crippen LogP contribution in [0.15, 0.2) is 54.7 Å². The van der Waals surface area contributed by atoms with E-state index >= 15 is 0 Å². The van der Waals surface area contributed by atoms with Crippen LogP contribution >= 0.6 is 0 Å². The molecule has 0 radical (unpaired) electrons. The van der Waals surface area contributed by atoms with Crippen LogP contribution in [-0.4, -0.2) is 22.1 Å². The molecule has 3 aromatic rings. The summed E-state index contributed by atoms with van der Waals surface area (Å²) in [5, 5.41) is 10.7. The number of aromatic nitrogens is 2. The van der Waals surface area contributed by atoms with Crippen LogP contribution in [0.5, 0.6) is 0 Å². The fourth-order valence-electron chi connectivity index (χ4n) is 2.21. The van der Waals surface area contributed by atoms with E-state index in [2.05, 4.69) is 15.5 Å². The molecule has 0 unspecified atom stereocenters. The molecule has 1 amide bonds. The maximum atomic E-state index is 12.1. The van der Waals surface area contributed by atoms with Crippen molar-refractivity contribution in [3.63, 3.8) is 0 Å². The molecule has 5 nitrogen and oxygen atoms in total. The molecule has 4 N–H and O–H groups in total. The van der Waals surface area contributed by atoms with Gasteiger partial charge in [0.1, 0.15) is 0 Å². The average Bonchev–Trinajstić information content (AvgIpc) is 2.95. The van der Waals surface area contributed by atoms with Gasteiger partial charge in [0.2, 0.25) is 5.91 Å². The molecule has 0 bridgehead atoms. The molecule has 1 heterocycles. The molecular formula is C16H16N4O. The fourth-order valence-corrected chi connectivity index (χ4v) is 2.21. The highest BCUT2D eigenvalue weighted by atomic mass is 16.2. The number of amides is 1. The van der Waals surface area contributed by atoms with E-state index in [9.17, 15) is 4.79 Å². The molecule has 106 valence electrons. The standard InChI is InChI=1S/C16H16N4O/c17-14(8-11-4-2-1-3-5-11)16(21)19-13-7-6-12-10-18-20-15(12)9-13/h1-7,9-10,14H,8,17H2,(H,18,20)(H,19,21)/t14-/m0/s1. The van der Waals surface area contributed by atoms with E-state index in [0.29, 0.717) is 12.1 Å². The van der Waals surface area contributed by atoms with Crippen LogP contribution in [0.4, 0.5) is 5.69 Å². The van der Waals surface area contributed by atoms with Gasteiger partial charge in [-0.25, -0.2) is 0 Å². The Hall–Kier alpha value is -2.66. The summed E-state index contributed by atoms with van der Waals surface area (Å²) in [5.74, 6) is -0.197. The van der Waals surface area contributed by atoms with Crippen LogP contribution in [0.25, 0.3) is 10.9 Å². The number of benzene rings is 2. The molecular weight excluding hydrogens is 264 g/mol. The van der Waals surface area contributed by atoms with Gasteiger partial charge in [-0.05, 0) is 30.2 Å². The lowest BCUT2D eigenvalue weighted by Crippen LogP contribution is -2.37. The first-order chi connectivity index (χ1) is 10.2. The smallest absolute Gasteiger partial charge is 0.241 e. The largest absolute Gasteiger partial charge is 0.325 e. The maximum Gasteiger partial charge on any atom is 0.241 e. The number of hydrogen-bond donors (Lipinski definition) is 3. The monoisotopic (exact) mass is 280 g/mol. The first-order valence-electron chi connectivity index (χ1n) is 6.76. The van der Waals surface area contributed by atoms with Gasteiger partial charge in [-0.1, -0.05) is 30.3 Å². The Bertz CT molecular complexity index is 751. The van der Waals surface area contributed by atoms with Gasteiger partial charge in [0, 0.05) is 11.1 Å². The van der Waals surface area contributed by atoms with Crippen molar-refractivity contribution in [1.29, 1.82) is 0 Å². The number of H-pyrrole nitrogens is 1. The Morgan fingerprint density at radius 2 is 2.05 bits per heavy atom. The molecule has 1 atom stereocenters. The summed E-state index contributed by atoms with van der Waals surface area (Å²) in [6.07, 6.45) is 2.25. The Labute approximate surface area is 122 Å². The number of hydrogen-bond acceptors (Lipinski definition) is 3. The van der Waals surface area contributed by atoms with Crippen molar-refractivity contribution in [3.05, 3.63) is 60.3 Å². The summed E-state index contributed by atoms with van der Waals surface area (Å²) in [6, 6.07) is 14.7. The number of fused-ring (bicyclic) bond motifs is 1. The van der Waals surface area contributed by atoms with Gasteiger partial charge in [-0.2, -0.15) is 5.10 Å². The summed E-state index contributed by atoms with van der Waals surface area (Å²) in [7, 11) is 0. The molecule has 21 heavy (non-hydrogen) atoms. The van der Waals surface area contributed by atoms with Crippen molar-refractivity contribution in [2.45, 2.75) is 12.5 Å². The van der Waals surface area contributed by atoms with Gasteiger partial charge in [0.25, 0.3) is 0 Å². The fraction of sp³-hybridized carbons (Fsp3) is 0.125. The minimum Gasteiger partial charge on any atom is -0.325 e. The van der Waals surface area contributed by atoms with E-state index in [1.54, 1.807) is 6.20 Å². The molecule has 0 spiro atoms. The van der Waals surface area contributed by atoms with E-state index in [4.69, 9.17) is 5.73 Å². The Morgan fingerprint density at radius 1 is 1.24 bits per heavy atom. The van der Waals surface area contributed by atoms with Gasteiger partial charge in [-0.15, -0.1) is 0 Å². The Morgan fingerprint density at radius 3 is 2.86 bits per heavy atom. The van der Waals surface area contributed by atoms with E-state index in [1.165, 1.54) is 0 Å². The SMILES string of the molecule is N[C@@H](Cc1ccccc1)C(=O)Nc1ccc2cn[nH]c2c1. The van der Waals surface area contributed by atoms with Crippen molar-refractivity contribution in [2.24, 2.45) is 5.73 Å². The van der Waals surface area contributed by atoms with Crippen LogP contribution < -0.4 is 11.1 Å². The predicted octanol–water partition coefficient (Wildman–Crippen LogP) is 2.07. The van der Waals surface area contributed by atoms with Gasteiger partial charge in [0.05, 0.1) is 17.8 Å². The van der Waals surface area contributed by atoms with Crippen molar-refractivity contribution in [2.75, 3.05) is 5.32 Å². The quantitative estimate of drug-likeness (QED) is 0.684. The zero-order chi connectivity index (χ0) is 14.7. The topological polar surface area (TPSA) is 83.8 Å². The van der Waals surface area contributed by atoms with E-state index in [1.807, 2.05) is 48.5 Å². The third-order valence-electron chi connectivity index (χ3n) is 3.34. The van der Waals surface area contributed by atoms with E-state index in [-0.39, 0.29) is 5.91 Å².